The van der Waals surface area contributed by atoms with Gasteiger partial charge in [0.1, 0.15) is 0 Å². The molecule has 2 rings (SSSR count). The van der Waals surface area contributed by atoms with E-state index in [4.69, 9.17) is 5.73 Å². The maximum absolute atomic E-state index is 12.4. The molecule has 1 aromatic rings. The third-order valence-corrected chi connectivity index (χ3v) is 4.47. The van der Waals surface area contributed by atoms with Gasteiger partial charge in [-0.3, -0.25) is 9.78 Å². The third kappa shape index (κ3) is 5.75. The molecule has 0 bridgehead atoms. The summed E-state index contributed by atoms with van der Waals surface area (Å²) in [5.74, 6) is 0.203. The van der Waals surface area contributed by atoms with Crippen LogP contribution in [0.1, 0.15) is 44.1 Å². The third-order valence-electron chi connectivity index (χ3n) is 4.47. The Morgan fingerprint density at radius 1 is 1.23 bits per heavy atom. The second-order valence-corrected chi connectivity index (χ2v) is 6.05. The highest BCUT2D eigenvalue weighted by atomic mass is 35.5. The molecule has 1 aliphatic carbocycles. The lowest BCUT2D eigenvalue weighted by atomic mass is 9.71. The van der Waals surface area contributed by atoms with Crippen molar-refractivity contribution in [3.05, 3.63) is 30.1 Å². The smallest absolute Gasteiger partial charge is 0.223 e. The van der Waals surface area contributed by atoms with E-state index in [1.807, 2.05) is 19.2 Å². The SMILES string of the molecule is CN(Cc1ccncc1)C(=O)CC1(CN)CCCCC1.Cl.Cl. The van der Waals surface area contributed by atoms with Crippen molar-refractivity contribution in [2.75, 3.05) is 13.6 Å². The lowest BCUT2D eigenvalue weighted by Crippen LogP contribution is -2.39. The molecule has 1 saturated carbocycles. The Morgan fingerprint density at radius 2 is 1.82 bits per heavy atom. The monoisotopic (exact) mass is 347 g/mol. The Labute approximate surface area is 145 Å². The first-order valence-corrected chi connectivity index (χ1v) is 7.48. The van der Waals surface area contributed by atoms with Crippen molar-refractivity contribution in [1.29, 1.82) is 0 Å². The van der Waals surface area contributed by atoms with E-state index in [1.54, 1.807) is 17.3 Å². The fraction of sp³-hybridized carbons (Fsp3) is 0.625. The summed E-state index contributed by atoms with van der Waals surface area (Å²) in [6.07, 6.45) is 9.99. The standard InChI is InChI=1S/C16H25N3O.2ClH/c1-19(12-14-5-9-18-10-6-14)15(20)11-16(13-17)7-3-2-4-8-16;;/h5-6,9-10H,2-4,7-8,11-13,17H2,1H3;2*1H. The van der Waals surface area contributed by atoms with E-state index in [0.717, 1.165) is 18.4 Å². The topological polar surface area (TPSA) is 59.2 Å². The quantitative estimate of drug-likeness (QED) is 0.889. The van der Waals surface area contributed by atoms with E-state index in [0.29, 0.717) is 19.5 Å². The number of amides is 1. The minimum Gasteiger partial charge on any atom is -0.341 e. The average molecular weight is 348 g/mol. The predicted molar refractivity (Wildman–Crippen MR) is 94.4 cm³/mol. The van der Waals surface area contributed by atoms with Crippen LogP contribution < -0.4 is 5.73 Å². The zero-order valence-corrected chi connectivity index (χ0v) is 14.8. The molecule has 0 saturated heterocycles. The van der Waals surface area contributed by atoms with E-state index < -0.39 is 0 Å². The zero-order chi connectivity index (χ0) is 14.4. The van der Waals surface area contributed by atoms with Crippen molar-refractivity contribution in [2.24, 2.45) is 11.1 Å². The van der Waals surface area contributed by atoms with Crippen LogP contribution in [0.25, 0.3) is 0 Å². The first kappa shape index (κ1) is 21.2. The van der Waals surface area contributed by atoms with Gasteiger partial charge in [-0.1, -0.05) is 19.3 Å². The zero-order valence-electron chi connectivity index (χ0n) is 13.2. The van der Waals surface area contributed by atoms with Crippen LogP contribution in [-0.4, -0.2) is 29.4 Å². The molecule has 1 aliphatic rings. The van der Waals surface area contributed by atoms with Crippen molar-refractivity contribution in [3.63, 3.8) is 0 Å². The fourth-order valence-corrected chi connectivity index (χ4v) is 3.06. The summed E-state index contributed by atoms with van der Waals surface area (Å²) < 4.78 is 0. The fourth-order valence-electron chi connectivity index (χ4n) is 3.06. The van der Waals surface area contributed by atoms with Gasteiger partial charge in [0, 0.05) is 32.4 Å². The number of hydrogen-bond donors (Lipinski definition) is 1. The molecule has 1 fully saturated rings. The molecular weight excluding hydrogens is 321 g/mol. The van der Waals surface area contributed by atoms with Gasteiger partial charge >= 0.3 is 0 Å². The Kier molecular flexibility index (Phi) is 9.65. The minimum atomic E-state index is 0. The number of pyridine rings is 1. The van der Waals surface area contributed by atoms with Crippen LogP contribution in [0.3, 0.4) is 0 Å². The molecule has 1 amide bonds. The van der Waals surface area contributed by atoms with Crippen molar-refractivity contribution < 1.29 is 4.79 Å². The van der Waals surface area contributed by atoms with Crippen LogP contribution in [0.5, 0.6) is 0 Å². The molecule has 126 valence electrons. The molecule has 0 spiro atoms. The Morgan fingerprint density at radius 3 is 2.36 bits per heavy atom. The highest BCUT2D eigenvalue weighted by molar-refractivity contribution is 5.85. The summed E-state index contributed by atoms with van der Waals surface area (Å²) in [5, 5.41) is 0. The van der Waals surface area contributed by atoms with Crippen LogP contribution in [0.2, 0.25) is 0 Å². The van der Waals surface area contributed by atoms with Crippen LogP contribution in [0.15, 0.2) is 24.5 Å². The van der Waals surface area contributed by atoms with Crippen molar-refractivity contribution in [1.82, 2.24) is 9.88 Å². The molecule has 0 unspecified atom stereocenters. The van der Waals surface area contributed by atoms with Gasteiger partial charge < -0.3 is 10.6 Å². The number of nitrogens with zero attached hydrogens (tertiary/aromatic N) is 2. The number of aromatic nitrogens is 1. The summed E-state index contributed by atoms with van der Waals surface area (Å²) >= 11 is 0. The van der Waals surface area contributed by atoms with Gasteiger partial charge in [0.05, 0.1) is 0 Å². The molecule has 4 nitrogen and oxygen atoms in total. The number of nitrogens with two attached hydrogens (primary N) is 1. The summed E-state index contributed by atoms with van der Waals surface area (Å²) in [7, 11) is 1.87. The van der Waals surface area contributed by atoms with Crippen molar-refractivity contribution >= 4 is 30.7 Å². The molecule has 2 N–H and O–H groups in total. The average Bonchev–Trinajstić information content (AvgIpc) is 2.49. The van der Waals surface area contributed by atoms with Crippen LogP contribution in [0, 0.1) is 5.41 Å². The number of carbonyl (C=O) groups is 1. The van der Waals surface area contributed by atoms with Crippen LogP contribution >= 0.6 is 24.8 Å². The molecule has 0 radical (unpaired) electrons. The van der Waals surface area contributed by atoms with E-state index >= 15 is 0 Å². The van der Waals surface area contributed by atoms with E-state index in [-0.39, 0.29) is 36.1 Å². The van der Waals surface area contributed by atoms with E-state index in [9.17, 15) is 4.79 Å². The molecule has 0 aromatic carbocycles. The molecular formula is C16H27Cl2N3O. The molecule has 1 aromatic heterocycles. The summed E-state index contributed by atoms with van der Waals surface area (Å²) in [4.78, 5) is 18.2. The Hall–Kier alpha value is -0.840. The van der Waals surface area contributed by atoms with Gasteiger partial charge in [0.15, 0.2) is 0 Å². The maximum atomic E-state index is 12.4. The van der Waals surface area contributed by atoms with Gasteiger partial charge in [-0.25, -0.2) is 0 Å². The first-order valence-electron chi connectivity index (χ1n) is 7.48. The molecule has 22 heavy (non-hydrogen) atoms. The summed E-state index contributed by atoms with van der Waals surface area (Å²) in [5.41, 5.74) is 7.12. The van der Waals surface area contributed by atoms with Gasteiger partial charge in [0.25, 0.3) is 0 Å². The largest absolute Gasteiger partial charge is 0.341 e. The molecule has 0 aliphatic heterocycles. The highest BCUT2D eigenvalue weighted by Gasteiger charge is 2.33. The summed E-state index contributed by atoms with van der Waals surface area (Å²) in [6.45, 7) is 1.27. The summed E-state index contributed by atoms with van der Waals surface area (Å²) in [6, 6.07) is 3.90. The number of halogens is 2. The van der Waals surface area contributed by atoms with E-state index in [1.165, 1.54) is 19.3 Å². The Balaban J connectivity index is 0.00000220. The van der Waals surface area contributed by atoms with Gasteiger partial charge in [-0.15, -0.1) is 24.8 Å². The second-order valence-electron chi connectivity index (χ2n) is 6.05. The first-order chi connectivity index (χ1) is 9.65. The van der Waals surface area contributed by atoms with Crippen molar-refractivity contribution in [2.45, 2.75) is 45.1 Å². The maximum Gasteiger partial charge on any atom is 0.223 e. The second kappa shape index (κ2) is 10.0. The van der Waals surface area contributed by atoms with Crippen LogP contribution in [-0.2, 0) is 11.3 Å². The van der Waals surface area contributed by atoms with Gasteiger partial charge in [-0.05, 0) is 42.5 Å². The van der Waals surface area contributed by atoms with Crippen LogP contribution in [0.4, 0.5) is 0 Å². The molecule has 1 heterocycles. The Bertz CT molecular complexity index is 436. The predicted octanol–water partition coefficient (Wildman–Crippen LogP) is 3.18. The van der Waals surface area contributed by atoms with E-state index in [2.05, 4.69) is 4.98 Å². The number of rotatable bonds is 5. The molecule has 0 atom stereocenters. The lowest BCUT2D eigenvalue weighted by Gasteiger charge is -2.36. The normalized spacial score (nSPS) is 16.1. The van der Waals surface area contributed by atoms with Gasteiger partial charge in [0.2, 0.25) is 5.91 Å². The highest BCUT2D eigenvalue weighted by Crippen LogP contribution is 2.38. The van der Waals surface area contributed by atoms with Crippen molar-refractivity contribution in [3.8, 4) is 0 Å². The number of hydrogen-bond acceptors (Lipinski definition) is 3. The molecule has 6 heteroatoms. The van der Waals surface area contributed by atoms with Gasteiger partial charge in [-0.2, -0.15) is 0 Å². The lowest BCUT2D eigenvalue weighted by molar-refractivity contribution is -0.133. The number of carbonyl (C=O) groups excluding carboxylic acids is 1. The minimum absolute atomic E-state index is 0.